The monoisotopic (exact) mass is 164 g/mol. The van der Waals surface area contributed by atoms with Gasteiger partial charge in [0, 0.05) is 24.4 Å². The number of allylic oxidation sites excluding steroid dienone is 1. The fourth-order valence-corrected chi connectivity index (χ4v) is 1.85. The van der Waals surface area contributed by atoms with E-state index in [0.29, 0.717) is 12.1 Å². The molecule has 1 heterocycles. The highest BCUT2D eigenvalue weighted by atomic mass is 15.2. The second kappa shape index (κ2) is 4.15. The van der Waals surface area contributed by atoms with Gasteiger partial charge in [-0.2, -0.15) is 5.26 Å². The highest BCUT2D eigenvalue weighted by Crippen LogP contribution is 2.22. The Morgan fingerprint density at radius 2 is 1.92 bits per heavy atom. The number of likely N-dealkylation sites (tertiary alicyclic amines) is 1. The predicted molar refractivity (Wildman–Crippen MR) is 49.4 cm³/mol. The van der Waals surface area contributed by atoms with Crippen LogP contribution in [0.5, 0.6) is 0 Å². The molecule has 0 aromatic heterocycles. The van der Waals surface area contributed by atoms with E-state index in [1.807, 2.05) is 12.3 Å². The number of hydrogen-bond donors (Lipinski definition) is 0. The Morgan fingerprint density at radius 1 is 1.33 bits per heavy atom. The summed E-state index contributed by atoms with van der Waals surface area (Å²) in [6, 6.07) is 3.23. The Kier molecular flexibility index (Phi) is 3.16. The van der Waals surface area contributed by atoms with Crippen molar-refractivity contribution < 1.29 is 0 Å². The van der Waals surface area contributed by atoms with Gasteiger partial charge in [0.1, 0.15) is 0 Å². The number of rotatable bonds is 1. The van der Waals surface area contributed by atoms with Gasteiger partial charge in [0.2, 0.25) is 0 Å². The van der Waals surface area contributed by atoms with Crippen LogP contribution in [0.2, 0.25) is 0 Å². The molecule has 0 amide bonds. The van der Waals surface area contributed by atoms with E-state index in [9.17, 15) is 0 Å². The van der Waals surface area contributed by atoms with Gasteiger partial charge < -0.3 is 4.90 Å². The quantitative estimate of drug-likeness (QED) is 0.556. The standard InChI is InChI=1S/C10H16N2/c1-9-5-3-6-10(2)12(9)8-4-7-11/h4,8-10H,3,5-6H2,1-2H3. The maximum absolute atomic E-state index is 8.41. The summed E-state index contributed by atoms with van der Waals surface area (Å²) < 4.78 is 0. The smallest absolute Gasteiger partial charge is 0.0927 e. The zero-order valence-electron chi connectivity index (χ0n) is 7.83. The topological polar surface area (TPSA) is 27.0 Å². The van der Waals surface area contributed by atoms with Gasteiger partial charge in [0.05, 0.1) is 6.07 Å². The number of nitriles is 1. The van der Waals surface area contributed by atoms with Crippen molar-refractivity contribution in [1.82, 2.24) is 4.90 Å². The minimum atomic E-state index is 0.596. The minimum absolute atomic E-state index is 0.596. The highest BCUT2D eigenvalue weighted by molar-refractivity contribution is 5.03. The Bertz CT molecular complexity index is 192. The minimum Gasteiger partial charge on any atom is -0.371 e. The molecule has 12 heavy (non-hydrogen) atoms. The van der Waals surface area contributed by atoms with Crippen LogP contribution in [0.3, 0.4) is 0 Å². The SMILES string of the molecule is CC1CCCC(C)N1C=CC#N. The summed E-state index contributed by atoms with van der Waals surface area (Å²) in [6.07, 6.45) is 7.31. The van der Waals surface area contributed by atoms with Crippen molar-refractivity contribution in [3.05, 3.63) is 12.3 Å². The molecule has 2 unspecified atom stereocenters. The van der Waals surface area contributed by atoms with Crippen LogP contribution in [0.25, 0.3) is 0 Å². The van der Waals surface area contributed by atoms with Gasteiger partial charge in [-0.15, -0.1) is 0 Å². The second-order valence-electron chi connectivity index (χ2n) is 3.52. The zero-order chi connectivity index (χ0) is 8.97. The van der Waals surface area contributed by atoms with Crippen molar-refractivity contribution in [3.63, 3.8) is 0 Å². The summed E-state index contributed by atoms with van der Waals surface area (Å²) in [5.41, 5.74) is 0. The van der Waals surface area contributed by atoms with Gasteiger partial charge in [0.15, 0.2) is 0 Å². The average molecular weight is 164 g/mol. The molecule has 0 aliphatic carbocycles. The van der Waals surface area contributed by atoms with Crippen LogP contribution in [0.4, 0.5) is 0 Å². The van der Waals surface area contributed by atoms with Crippen molar-refractivity contribution in [3.8, 4) is 6.07 Å². The van der Waals surface area contributed by atoms with Gasteiger partial charge >= 0.3 is 0 Å². The summed E-state index contributed by atoms with van der Waals surface area (Å²) in [6.45, 7) is 4.44. The first-order chi connectivity index (χ1) is 5.75. The normalized spacial score (nSPS) is 30.6. The van der Waals surface area contributed by atoms with Crippen molar-refractivity contribution in [2.24, 2.45) is 0 Å². The van der Waals surface area contributed by atoms with Crippen LogP contribution < -0.4 is 0 Å². The zero-order valence-corrected chi connectivity index (χ0v) is 7.83. The summed E-state index contributed by atoms with van der Waals surface area (Å²) in [5, 5.41) is 8.41. The lowest BCUT2D eigenvalue weighted by atomic mass is 9.98. The molecule has 1 aliphatic rings. The molecule has 0 aromatic rings. The third kappa shape index (κ3) is 2.01. The first-order valence-electron chi connectivity index (χ1n) is 4.59. The summed E-state index contributed by atoms with van der Waals surface area (Å²) in [5.74, 6) is 0. The predicted octanol–water partition coefficient (Wildman–Crippen LogP) is 2.29. The Balaban J connectivity index is 2.58. The molecular weight excluding hydrogens is 148 g/mol. The molecule has 0 radical (unpaired) electrons. The molecule has 2 heteroatoms. The lowest BCUT2D eigenvalue weighted by molar-refractivity contribution is 0.164. The molecule has 1 aliphatic heterocycles. The van der Waals surface area contributed by atoms with Gasteiger partial charge in [0.25, 0.3) is 0 Å². The molecule has 0 N–H and O–H groups in total. The van der Waals surface area contributed by atoms with E-state index in [1.54, 1.807) is 6.08 Å². The first kappa shape index (κ1) is 9.12. The van der Waals surface area contributed by atoms with Gasteiger partial charge in [-0.1, -0.05) is 0 Å². The Hall–Kier alpha value is -0.970. The van der Waals surface area contributed by atoms with Crippen molar-refractivity contribution in [1.29, 1.82) is 5.26 Å². The molecule has 2 nitrogen and oxygen atoms in total. The fourth-order valence-electron chi connectivity index (χ4n) is 1.85. The molecule has 66 valence electrons. The van der Waals surface area contributed by atoms with Crippen LogP contribution in [-0.2, 0) is 0 Å². The van der Waals surface area contributed by atoms with Crippen LogP contribution in [0.15, 0.2) is 12.3 Å². The van der Waals surface area contributed by atoms with Crippen molar-refractivity contribution >= 4 is 0 Å². The van der Waals surface area contributed by atoms with Crippen molar-refractivity contribution in [2.75, 3.05) is 0 Å². The van der Waals surface area contributed by atoms with E-state index >= 15 is 0 Å². The van der Waals surface area contributed by atoms with Crippen LogP contribution in [0, 0.1) is 11.3 Å². The van der Waals surface area contributed by atoms with E-state index in [2.05, 4.69) is 18.7 Å². The molecule has 0 aromatic carbocycles. The number of hydrogen-bond acceptors (Lipinski definition) is 2. The molecule has 0 spiro atoms. The third-order valence-corrected chi connectivity index (χ3v) is 2.58. The van der Waals surface area contributed by atoms with Gasteiger partial charge in [-0.25, -0.2) is 0 Å². The lowest BCUT2D eigenvalue weighted by Gasteiger charge is -2.38. The van der Waals surface area contributed by atoms with E-state index in [1.165, 1.54) is 19.3 Å². The molecule has 0 bridgehead atoms. The molecule has 1 saturated heterocycles. The molecule has 1 fully saturated rings. The Morgan fingerprint density at radius 3 is 2.42 bits per heavy atom. The molecule has 2 atom stereocenters. The van der Waals surface area contributed by atoms with Gasteiger partial charge in [-0.05, 0) is 33.1 Å². The number of nitrogens with zero attached hydrogens (tertiary/aromatic N) is 2. The molecular formula is C10H16N2. The molecule has 0 saturated carbocycles. The van der Waals surface area contributed by atoms with E-state index in [4.69, 9.17) is 5.26 Å². The number of piperidine rings is 1. The van der Waals surface area contributed by atoms with E-state index in [0.717, 1.165) is 0 Å². The van der Waals surface area contributed by atoms with Crippen molar-refractivity contribution in [2.45, 2.75) is 45.2 Å². The fraction of sp³-hybridized carbons (Fsp3) is 0.700. The summed E-state index contributed by atoms with van der Waals surface area (Å²) in [4.78, 5) is 2.28. The van der Waals surface area contributed by atoms with Crippen LogP contribution in [-0.4, -0.2) is 17.0 Å². The van der Waals surface area contributed by atoms with E-state index < -0.39 is 0 Å². The third-order valence-electron chi connectivity index (χ3n) is 2.58. The largest absolute Gasteiger partial charge is 0.371 e. The summed E-state index contributed by atoms with van der Waals surface area (Å²) in [7, 11) is 0. The van der Waals surface area contributed by atoms with Crippen LogP contribution in [0.1, 0.15) is 33.1 Å². The second-order valence-corrected chi connectivity index (χ2v) is 3.52. The highest BCUT2D eigenvalue weighted by Gasteiger charge is 2.20. The van der Waals surface area contributed by atoms with Crippen LogP contribution >= 0.6 is 0 Å². The molecule has 1 rings (SSSR count). The van der Waals surface area contributed by atoms with Gasteiger partial charge in [-0.3, -0.25) is 0 Å². The average Bonchev–Trinajstić information content (AvgIpc) is 2.04. The maximum Gasteiger partial charge on any atom is 0.0927 e. The maximum atomic E-state index is 8.41. The Labute approximate surface area is 74.5 Å². The first-order valence-corrected chi connectivity index (χ1v) is 4.59. The summed E-state index contributed by atoms with van der Waals surface area (Å²) >= 11 is 0. The van der Waals surface area contributed by atoms with E-state index in [-0.39, 0.29) is 0 Å². The lowest BCUT2D eigenvalue weighted by Crippen LogP contribution is -2.39.